The van der Waals surface area contributed by atoms with Crippen molar-refractivity contribution in [3.8, 4) is 5.75 Å². The van der Waals surface area contributed by atoms with E-state index in [1.165, 1.54) is 5.56 Å². The van der Waals surface area contributed by atoms with Crippen LogP contribution in [0.3, 0.4) is 0 Å². The molecule has 2 aromatic carbocycles. The van der Waals surface area contributed by atoms with Gasteiger partial charge in [-0.1, -0.05) is 30.3 Å². The fraction of sp³-hybridized carbons (Fsp3) is 0.118. The molecule has 2 heteroatoms. The number of aromatic nitrogens is 1. The van der Waals surface area contributed by atoms with Gasteiger partial charge in [0, 0.05) is 17.5 Å². The molecular weight excluding hydrogens is 234 g/mol. The van der Waals surface area contributed by atoms with E-state index in [1.54, 1.807) is 12.1 Å². The van der Waals surface area contributed by atoms with Crippen LogP contribution in [0.25, 0.3) is 10.9 Å². The topological polar surface area (TPSA) is 33.1 Å². The van der Waals surface area contributed by atoms with Crippen LogP contribution >= 0.6 is 0 Å². The van der Waals surface area contributed by atoms with E-state index in [0.717, 1.165) is 28.6 Å². The van der Waals surface area contributed by atoms with Gasteiger partial charge in [-0.15, -0.1) is 0 Å². The smallest absolute Gasteiger partial charge is 0.115 e. The third kappa shape index (κ3) is 2.43. The molecule has 1 heterocycles. The van der Waals surface area contributed by atoms with Crippen LogP contribution in [0.2, 0.25) is 0 Å². The predicted octanol–water partition coefficient (Wildman–Crippen LogP) is 3.84. The Hall–Kier alpha value is -2.35. The summed E-state index contributed by atoms with van der Waals surface area (Å²) in [5.74, 6) is 0.313. The quantitative estimate of drug-likeness (QED) is 0.748. The van der Waals surface area contributed by atoms with Crippen molar-refractivity contribution in [3.63, 3.8) is 0 Å². The molecule has 0 amide bonds. The first-order valence-corrected chi connectivity index (χ1v) is 6.35. The number of benzene rings is 2. The molecule has 0 saturated heterocycles. The lowest BCUT2D eigenvalue weighted by Crippen LogP contribution is -1.95. The van der Waals surface area contributed by atoms with Crippen LogP contribution in [-0.2, 0) is 6.42 Å². The number of pyridine rings is 1. The lowest BCUT2D eigenvalue weighted by molar-refractivity contribution is 0.474. The number of hydrogen-bond donors (Lipinski definition) is 1. The molecule has 0 aliphatic carbocycles. The summed E-state index contributed by atoms with van der Waals surface area (Å²) in [7, 11) is 0. The van der Waals surface area contributed by atoms with Gasteiger partial charge >= 0.3 is 0 Å². The van der Waals surface area contributed by atoms with Gasteiger partial charge in [-0.05, 0) is 42.3 Å². The molecule has 0 unspecified atom stereocenters. The van der Waals surface area contributed by atoms with Crippen molar-refractivity contribution in [2.45, 2.75) is 13.3 Å². The third-order valence-electron chi connectivity index (χ3n) is 3.35. The van der Waals surface area contributed by atoms with Gasteiger partial charge < -0.3 is 5.11 Å². The predicted molar refractivity (Wildman–Crippen MR) is 77.4 cm³/mol. The Bertz CT molecular complexity index is 734. The van der Waals surface area contributed by atoms with Crippen LogP contribution in [-0.4, -0.2) is 10.1 Å². The van der Waals surface area contributed by atoms with E-state index in [9.17, 15) is 5.11 Å². The highest BCUT2D eigenvalue weighted by Crippen LogP contribution is 2.19. The summed E-state index contributed by atoms with van der Waals surface area (Å²) in [5, 5.41) is 10.6. The molecule has 0 saturated carbocycles. The van der Waals surface area contributed by atoms with Crippen LogP contribution < -0.4 is 0 Å². The first kappa shape index (κ1) is 11.7. The van der Waals surface area contributed by atoms with Crippen LogP contribution in [0.15, 0.2) is 54.6 Å². The van der Waals surface area contributed by atoms with Crippen molar-refractivity contribution in [1.82, 2.24) is 4.98 Å². The number of aromatic hydroxyl groups is 1. The van der Waals surface area contributed by atoms with Crippen molar-refractivity contribution in [2.24, 2.45) is 0 Å². The van der Waals surface area contributed by atoms with Gasteiger partial charge in [0.1, 0.15) is 5.75 Å². The number of para-hydroxylation sites is 1. The zero-order valence-corrected chi connectivity index (χ0v) is 10.8. The van der Waals surface area contributed by atoms with Gasteiger partial charge in [0.15, 0.2) is 0 Å². The summed E-state index contributed by atoms with van der Waals surface area (Å²) in [6.45, 7) is 2.01. The maximum absolute atomic E-state index is 9.43. The average molecular weight is 249 g/mol. The van der Waals surface area contributed by atoms with E-state index in [4.69, 9.17) is 0 Å². The van der Waals surface area contributed by atoms with Gasteiger partial charge in [0.2, 0.25) is 0 Å². The molecule has 19 heavy (non-hydrogen) atoms. The second-order valence-electron chi connectivity index (χ2n) is 4.78. The summed E-state index contributed by atoms with van der Waals surface area (Å²) in [4.78, 5) is 4.67. The van der Waals surface area contributed by atoms with Gasteiger partial charge in [0.25, 0.3) is 0 Å². The highest BCUT2D eigenvalue weighted by molar-refractivity contribution is 5.78. The maximum atomic E-state index is 9.43. The molecule has 0 spiro atoms. The SMILES string of the molecule is Cc1cc(O)ccc1Cc1ccc2ccccc2n1. The molecule has 0 bridgehead atoms. The maximum Gasteiger partial charge on any atom is 0.115 e. The highest BCUT2D eigenvalue weighted by atomic mass is 16.3. The zero-order chi connectivity index (χ0) is 13.2. The Balaban J connectivity index is 1.96. The zero-order valence-electron chi connectivity index (χ0n) is 10.8. The molecule has 3 rings (SSSR count). The van der Waals surface area contributed by atoms with E-state index >= 15 is 0 Å². The van der Waals surface area contributed by atoms with Gasteiger partial charge in [-0.2, -0.15) is 0 Å². The summed E-state index contributed by atoms with van der Waals surface area (Å²) < 4.78 is 0. The van der Waals surface area contributed by atoms with Crippen LogP contribution in [0.1, 0.15) is 16.8 Å². The van der Waals surface area contributed by atoms with Crippen molar-refractivity contribution in [2.75, 3.05) is 0 Å². The second kappa shape index (κ2) is 4.73. The van der Waals surface area contributed by atoms with Crippen molar-refractivity contribution >= 4 is 10.9 Å². The lowest BCUT2D eigenvalue weighted by Gasteiger charge is -2.07. The Labute approximate surface area is 112 Å². The second-order valence-corrected chi connectivity index (χ2v) is 4.78. The minimum atomic E-state index is 0.313. The number of aryl methyl sites for hydroxylation is 1. The van der Waals surface area contributed by atoms with Crippen LogP contribution in [0.4, 0.5) is 0 Å². The number of fused-ring (bicyclic) bond motifs is 1. The van der Waals surface area contributed by atoms with Gasteiger partial charge in [-0.25, -0.2) is 0 Å². The lowest BCUT2D eigenvalue weighted by atomic mass is 10.0. The molecule has 0 aliphatic heterocycles. The molecule has 2 nitrogen and oxygen atoms in total. The van der Waals surface area contributed by atoms with Crippen LogP contribution in [0.5, 0.6) is 5.75 Å². The molecule has 94 valence electrons. The minimum absolute atomic E-state index is 0.313. The van der Waals surface area contributed by atoms with Gasteiger partial charge in [0.05, 0.1) is 5.52 Å². The standard InChI is InChI=1S/C17H15NO/c1-12-10-16(19)9-7-14(12)11-15-8-6-13-4-2-3-5-17(13)18-15/h2-10,19H,11H2,1H3. The van der Waals surface area contributed by atoms with Crippen molar-refractivity contribution in [1.29, 1.82) is 0 Å². The van der Waals surface area contributed by atoms with Crippen molar-refractivity contribution in [3.05, 3.63) is 71.4 Å². The van der Waals surface area contributed by atoms with E-state index < -0.39 is 0 Å². The molecule has 0 aliphatic rings. The number of rotatable bonds is 2. The number of phenols is 1. The molecule has 1 N–H and O–H groups in total. The summed E-state index contributed by atoms with van der Waals surface area (Å²) >= 11 is 0. The molecule has 0 atom stereocenters. The normalized spacial score (nSPS) is 10.8. The molecule has 3 aromatic rings. The first-order chi connectivity index (χ1) is 9.22. The minimum Gasteiger partial charge on any atom is -0.508 e. The van der Waals surface area contributed by atoms with Crippen LogP contribution in [0, 0.1) is 6.92 Å². The van der Waals surface area contributed by atoms with E-state index in [2.05, 4.69) is 23.2 Å². The highest BCUT2D eigenvalue weighted by Gasteiger charge is 2.03. The van der Waals surface area contributed by atoms with Gasteiger partial charge in [-0.3, -0.25) is 4.98 Å². The van der Waals surface area contributed by atoms with E-state index in [1.807, 2.05) is 31.2 Å². The molecule has 1 aromatic heterocycles. The fourth-order valence-corrected chi connectivity index (χ4v) is 2.28. The monoisotopic (exact) mass is 249 g/mol. The molecule has 0 fully saturated rings. The Morgan fingerprint density at radius 2 is 1.84 bits per heavy atom. The first-order valence-electron chi connectivity index (χ1n) is 6.35. The Kier molecular flexibility index (Phi) is 2.92. The Morgan fingerprint density at radius 3 is 2.68 bits per heavy atom. The Morgan fingerprint density at radius 1 is 1.00 bits per heavy atom. The summed E-state index contributed by atoms with van der Waals surface area (Å²) in [5.41, 5.74) is 4.36. The van der Waals surface area contributed by atoms with E-state index in [-0.39, 0.29) is 0 Å². The number of hydrogen-bond acceptors (Lipinski definition) is 2. The number of nitrogens with zero attached hydrogens (tertiary/aromatic N) is 1. The average Bonchev–Trinajstić information content (AvgIpc) is 2.42. The fourth-order valence-electron chi connectivity index (χ4n) is 2.28. The summed E-state index contributed by atoms with van der Waals surface area (Å²) in [6.07, 6.45) is 0.789. The third-order valence-corrected chi connectivity index (χ3v) is 3.35. The van der Waals surface area contributed by atoms with E-state index in [0.29, 0.717) is 5.75 Å². The molecular formula is C17H15NO. The number of phenolic OH excluding ortho intramolecular Hbond substituents is 1. The largest absolute Gasteiger partial charge is 0.508 e. The van der Waals surface area contributed by atoms with Crippen molar-refractivity contribution < 1.29 is 5.11 Å². The summed E-state index contributed by atoms with van der Waals surface area (Å²) in [6, 6.07) is 17.8. The molecule has 0 radical (unpaired) electrons.